The van der Waals surface area contributed by atoms with Gasteiger partial charge in [0.2, 0.25) is 0 Å². The minimum atomic E-state index is -2.87. The van der Waals surface area contributed by atoms with Gasteiger partial charge >= 0.3 is 0 Å². The van der Waals surface area contributed by atoms with E-state index < -0.39 is 15.9 Å². The Morgan fingerprint density at radius 3 is 2.79 bits per heavy atom. The van der Waals surface area contributed by atoms with Crippen molar-refractivity contribution < 1.29 is 13.5 Å². The van der Waals surface area contributed by atoms with Crippen LogP contribution in [0.1, 0.15) is 24.3 Å². The molecule has 138 valence electrons. The first kappa shape index (κ1) is 21.9. The standard InChI is InChI=1S/C14H22ClN3O3S2.HI/c1-2-16-14(17-7-10-5-6-23(20,21)9-10)18-8-11(19)12-3-4-13(15)22-12;/h3-4,10-11,19H,2,5-9H2,1H3,(H2,16,17,18);1H. The number of thiophene rings is 1. The van der Waals surface area contributed by atoms with E-state index in [4.69, 9.17) is 11.6 Å². The van der Waals surface area contributed by atoms with Gasteiger partial charge in [-0.3, -0.25) is 4.99 Å². The molecule has 6 nitrogen and oxygen atoms in total. The summed E-state index contributed by atoms with van der Waals surface area (Å²) in [5.41, 5.74) is 0. The topological polar surface area (TPSA) is 90.8 Å². The second-order valence-electron chi connectivity index (χ2n) is 5.53. The van der Waals surface area contributed by atoms with Crippen LogP contribution in [0.25, 0.3) is 0 Å². The van der Waals surface area contributed by atoms with E-state index in [1.807, 2.05) is 6.92 Å². The number of hydrogen-bond acceptors (Lipinski definition) is 5. The van der Waals surface area contributed by atoms with Crippen molar-refractivity contribution in [1.82, 2.24) is 10.6 Å². The van der Waals surface area contributed by atoms with Crippen LogP contribution in [0.5, 0.6) is 0 Å². The zero-order chi connectivity index (χ0) is 16.9. The summed E-state index contributed by atoms with van der Waals surface area (Å²) in [5, 5.41) is 16.4. The fourth-order valence-electron chi connectivity index (χ4n) is 2.39. The zero-order valence-corrected chi connectivity index (χ0v) is 18.1. The van der Waals surface area contributed by atoms with Crippen LogP contribution in [0.4, 0.5) is 0 Å². The average molecular weight is 508 g/mol. The normalized spacial score (nSPS) is 21.1. The van der Waals surface area contributed by atoms with E-state index in [2.05, 4.69) is 15.6 Å². The molecule has 10 heteroatoms. The lowest BCUT2D eigenvalue weighted by Gasteiger charge is -2.15. The minimum Gasteiger partial charge on any atom is -0.386 e. The number of aliphatic hydroxyl groups is 1. The first-order valence-electron chi connectivity index (χ1n) is 7.55. The summed E-state index contributed by atoms with van der Waals surface area (Å²) in [5.74, 6) is 1.20. The van der Waals surface area contributed by atoms with Crippen LogP contribution < -0.4 is 10.6 Å². The van der Waals surface area contributed by atoms with E-state index in [9.17, 15) is 13.5 Å². The number of nitrogens with zero attached hydrogens (tertiary/aromatic N) is 1. The van der Waals surface area contributed by atoms with Crippen LogP contribution in [-0.4, -0.2) is 50.6 Å². The lowest BCUT2D eigenvalue weighted by molar-refractivity contribution is 0.191. The van der Waals surface area contributed by atoms with Crippen LogP contribution in [0.15, 0.2) is 17.1 Å². The Hall–Kier alpha value is -0.100. The van der Waals surface area contributed by atoms with Crippen molar-refractivity contribution in [3.05, 3.63) is 21.3 Å². The third-order valence-electron chi connectivity index (χ3n) is 3.57. The second kappa shape index (κ2) is 10.1. The highest BCUT2D eigenvalue weighted by Crippen LogP contribution is 2.26. The fraction of sp³-hybridized carbons (Fsp3) is 0.643. The molecule has 3 N–H and O–H groups in total. The smallest absolute Gasteiger partial charge is 0.191 e. The maximum atomic E-state index is 11.5. The van der Waals surface area contributed by atoms with Crippen molar-refractivity contribution in [2.24, 2.45) is 10.9 Å². The molecule has 1 aliphatic heterocycles. The molecule has 2 heterocycles. The summed E-state index contributed by atoms with van der Waals surface area (Å²) in [6.45, 7) is 3.42. The molecule has 24 heavy (non-hydrogen) atoms. The Balaban J connectivity index is 0.00000288. The lowest BCUT2D eigenvalue weighted by atomic mass is 10.1. The summed E-state index contributed by atoms with van der Waals surface area (Å²) in [6.07, 6.45) is -0.0137. The van der Waals surface area contributed by atoms with Gasteiger partial charge in [0, 0.05) is 18.0 Å². The molecule has 0 aliphatic carbocycles. The molecule has 0 spiro atoms. The second-order valence-corrected chi connectivity index (χ2v) is 9.50. The Morgan fingerprint density at radius 1 is 1.50 bits per heavy atom. The number of aliphatic imine (C=N–C) groups is 1. The van der Waals surface area contributed by atoms with Crippen LogP contribution in [-0.2, 0) is 9.84 Å². The van der Waals surface area contributed by atoms with Crippen molar-refractivity contribution >= 4 is 62.7 Å². The molecule has 1 fully saturated rings. The molecule has 0 aromatic carbocycles. The van der Waals surface area contributed by atoms with Crippen molar-refractivity contribution in [3.8, 4) is 0 Å². The molecular weight excluding hydrogens is 485 g/mol. The summed E-state index contributed by atoms with van der Waals surface area (Å²) >= 11 is 7.19. The third kappa shape index (κ3) is 7.03. The molecular formula is C14H23ClIN3O3S2. The van der Waals surface area contributed by atoms with E-state index >= 15 is 0 Å². The van der Waals surface area contributed by atoms with Gasteiger partial charge in [-0.15, -0.1) is 35.3 Å². The highest BCUT2D eigenvalue weighted by molar-refractivity contribution is 14.0. The summed E-state index contributed by atoms with van der Waals surface area (Å²) in [4.78, 5) is 5.13. The number of rotatable bonds is 6. The van der Waals surface area contributed by atoms with Gasteiger partial charge in [-0.05, 0) is 31.4 Å². The zero-order valence-electron chi connectivity index (χ0n) is 13.4. The van der Waals surface area contributed by atoms with Crippen LogP contribution in [0.3, 0.4) is 0 Å². The number of halogens is 2. The SMILES string of the molecule is CCNC(=NCC(O)c1ccc(Cl)s1)NCC1CCS(=O)(=O)C1.I. The molecule has 2 atom stereocenters. The summed E-state index contributed by atoms with van der Waals surface area (Å²) in [7, 11) is -2.87. The lowest BCUT2D eigenvalue weighted by Crippen LogP contribution is -2.40. The van der Waals surface area contributed by atoms with E-state index in [0.717, 1.165) is 4.88 Å². The summed E-state index contributed by atoms with van der Waals surface area (Å²) in [6, 6.07) is 3.54. The van der Waals surface area contributed by atoms with Crippen molar-refractivity contribution in [3.63, 3.8) is 0 Å². The predicted octanol–water partition coefficient (Wildman–Crippen LogP) is 2.04. The molecule has 1 aliphatic rings. The quantitative estimate of drug-likeness (QED) is 0.311. The minimum absolute atomic E-state index is 0. The Labute approximate surface area is 169 Å². The molecule has 2 rings (SSSR count). The Morgan fingerprint density at radius 2 is 2.25 bits per heavy atom. The monoisotopic (exact) mass is 507 g/mol. The Bertz CT molecular complexity index is 651. The van der Waals surface area contributed by atoms with Crippen LogP contribution in [0, 0.1) is 5.92 Å². The van der Waals surface area contributed by atoms with Gasteiger partial charge in [0.1, 0.15) is 6.10 Å². The third-order valence-corrected chi connectivity index (χ3v) is 6.74. The molecule has 1 aromatic rings. The highest BCUT2D eigenvalue weighted by Gasteiger charge is 2.27. The van der Waals surface area contributed by atoms with Gasteiger partial charge in [0.05, 0.1) is 22.4 Å². The van der Waals surface area contributed by atoms with Gasteiger partial charge < -0.3 is 15.7 Å². The van der Waals surface area contributed by atoms with Gasteiger partial charge in [0.25, 0.3) is 0 Å². The van der Waals surface area contributed by atoms with E-state index in [0.29, 0.717) is 29.8 Å². The number of aliphatic hydroxyl groups excluding tert-OH is 1. The molecule has 2 unspecified atom stereocenters. The molecule has 0 bridgehead atoms. The molecule has 0 radical (unpaired) electrons. The highest BCUT2D eigenvalue weighted by atomic mass is 127. The fourth-order valence-corrected chi connectivity index (χ4v) is 5.29. The summed E-state index contributed by atoms with van der Waals surface area (Å²) < 4.78 is 23.6. The van der Waals surface area contributed by atoms with Crippen LogP contribution in [0.2, 0.25) is 4.34 Å². The van der Waals surface area contributed by atoms with Crippen molar-refractivity contribution in [2.45, 2.75) is 19.4 Å². The molecule has 0 saturated carbocycles. The number of guanidine groups is 1. The van der Waals surface area contributed by atoms with Gasteiger partial charge in [0.15, 0.2) is 15.8 Å². The van der Waals surface area contributed by atoms with E-state index in [-0.39, 0.29) is 47.9 Å². The maximum Gasteiger partial charge on any atom is 0.191 e. The van der Waals surface area contributed by atoms with Crippen molar-refractivity contribution in [2.75, 3.05) is 31.1 Å². The van der Waals surface area contributed by atoms with Gasteiger partial charge in [-0.25, -0.2) is 8.42 Å². The molecule has 1 saturated heterocycles. The average Bonchev–Trinajstić information content (AvgIpc) is 3.07. The number of hydrogen-bond donors (Lipinski definition) is 3. The van der Waals surface area contributed by atoms with E-state index in [1.165, 1.54) is 11.3 Å². The predicted molar refractivity (Wildman–Crippen MR) is 110 cm³/mol. The van der Waals surface area contributed by atoms with Gasteiger partial charge in [-0.1, -0.05) is 11.6 Å². The number of sulfone groups is 1. The maximum absolute atomic E-state index is 11.5. The molecule has 0 amide bonds. The van der Waals surface area contributed by atoms with Crippen LogP contribution >= 0.6 is 46.9 Å². The van der Waals surface area contributed by atoms with Crippen molar-refractivity contribution in [1.29, 1.82) is 0 Å². The van der Waals surface area contributed by atoms with Gasteiger partial charge in [-0.2, -0.15) is 0 Å². The largest absolute Gasteiger partial charge is 0.386 e. The van der Waals surface area contributed by atoms with E-state index in [1.54, 1.807) is 12.1 Å². The Kier molecular flexibility index (Phi) is 9.28. The molecule has 1 aromatic heterocycles. The first-order valence-corrected chi connectivity index (χ1v) is 10.6. The number of nitrogens with one attached hydrogen (secondary N) is 2. The first-order chi connectivity index (χ1) is 10.9.